The Balaban J connectivity index is 1.87. The van der Waals surface area contributed by atoms with Crippen molar-refractivity contribution in [2.24, 2.45) is 0 Å². The summed E-state index contributed by atoms with van der Waals surface area (Å²) in [7, 11) is 1.60. The van der Waals surface area contributed by atoms with Gasteiger partial charge in [0.1, 0.15) is 11.6 Å². The average molecular weight is 337 g/mol. The van der Waals surface area contributed by atoms with Crippen LogP contribution in [0.2, 0.25) is 5.02 Å². The van der Waals surface area contributed by atoms with Crippen LogP contribution >= 0.6 is 11.6 Å². The zero-order chi connectivity index (χ0) is 16.8. The van der Waals surface area contributed by atoms with Crippen molar-refractivity contribution in [1.82, 2.24) is 0 Å². The molecule has 0 aromatic heterocycles. The van der Waals surface area contributed by atoms with Gasteiger partial charge in [-0.15, -0.1) is 0 Å². The number of amides is 1. The highest BCUT2D eigenvalue weighted by molar-refractivity contribution is 6.31. The number of carbonyl (C=O) groups is 1. The molecule has 0 bridgehead atoms. The van der Waals surface area contributed by atoms with Crippen molar-refractivity contribution in [2.45, 2.75) is 13.3 Å². The summed E-state index contributed by atoms with van der Waals surface area (Å²) < 4.78 is 18.3. The predicted molar refractivity (Wildman–Crippen MR) is 90.9 cm³/mol. The van der Waals surface area contributed by atoms with Crippen LogP contribution in [0.1, 0.15) is 12.0 Å². The van der Waals surface area contributed by atoms with Gasteiger partial charge >= 0.3 is 0 Å². The van der Waals surface area contributed by atoms with E-state index in [1.165, 1.54) is 18.2 Å². The first-order valence-electron chi connectivity index (χ1n) is 7.13. The van der Waals surface area contributed by atoms with Crippen molar-refractivity contribution in [2.75, 3.05) is 24.3 Å². The van der Waals surface area contributed by atoms with Crippen LogP contribution in [0, 0.1) is 12.7 Å². The smallest absolute Gasteiger partial charge is 0.226 e. The monoisotopic (exact) mass is 336 g/mol. The van der Waals surface area contributed by atoms with E-state index in [0.717, 1.165) is 17.0 Å². The lowest BCUT2D eigenvalue weighted by molar-refractivity contribution is -0.115. The molecule has 0 unspecified atom stereocenters. The molecule has 1 amide bonds. The molecule has 0 radical (unpaired) electrons. The van der Waals surface area contributed by atoms with Gasteiger partial charge in [0.05, 0.1) is 17.8 Å². The lowest BCUT2D eigenvalue weighted by atomic mass is 10.2. The number of benzene rings is 2. The molecular weight excluding hydrogens is 319 g/mol. The second kappa shape index (κ2) is 7.83. The second-order valence-electron chi connectivity index (χ2n) is 5.06. The number of ether oxygens (including phenoxy) is 1. The van der Waals surface area contributed by atoms with Crippen LogP contribution in [0.25, 0.3) is 0 Å². The van der Waals surface area contributed by atoms with Crippen molar-refractivity contribution < 1.29 is 13.9 Å². The van der Waals surface area contributed by atoms with Crippen LogP contribution in [-0.4, -0.2) is 19.6 Å². The third-order valence-electron chi connectivity index (χ3n) is 3.23. The fourth-order valence-electron chi connectivity index (χ4n) is 2.07. The number of nitrogens with one attached hydrogen (secondary N) is 2. The third kappa shape index (κ3) is 4.86. The number of halogens is 2. The molecule has 6 heteroatoms. The van der Waals surface area contributed by atoms with Crippen LogP contribution in [0.15, 0.2) is 36.4 Å². The predicted octanol–water partition coefficient (Wildman–Crippen LogP) is 4.24. The molecule has 0 atom stereocenters. The van der Waals surface area contributed by atoms with Gasteiger partial charge in [-0.1, -0.05) is 17.7 Å². The zero-order valence-corrected chi connectivity index (χ0v) is 13.7. The number of carbonyl (C=O) groups excluding carboxylic acids is 1. The fraction of sp³-hybridized carbons (Fsp3) is 0.235. The van der Waals surface area contributed by atoms with Gasteiger partial charge in [0.25, 0.3) is 0 Å². The number of hydrogen-bond acceptors (Lipinski definition) is 3. The Bertz CT molecular complexity index is 707. The fourth-order valence-corrected chi connectivity index (χ4v) is 2.25. The van der Waals surface area contributed by atoms with Crippen molar-refractivity contribution in [3.05, 3.63) is 52.8 Å². The van der Waals surface area contributed by atoms with E-state index in [-0.39, 0.29) is 17.4 Å². The number of hydrogen-bond donors (Lipinski definition) is 2. The number of aryl methyl sites for hydroxylation is 1. The van der Waals surface area contributed by atoms with Gasteiger partial charge in [-0.2, -0.15) is 0 Å². The quantitative estimate of drug-likeness (QED) is 0.829. The molecule has 4 nitrogen and oxygen atoms in total. The van der Waals surface area contributed by atoms with E-state index in [0.29, 0.717) is 12.2 Å². The standard InChI is InChI=1S/C17H18ClFN2O2/c1-11-3-6-16(23-2)15(9-11)20-8-7-17(22)21-12-4-5-14(19)13(18)10-12/h3-6,9-10,20H,7-8H2,1-2H3,(H,21,22). The number of anilines is 2. The Kier molecular flexibility index (Phi) is 5.82. The van der Waals surface area contributed by atoms with Gasteiger partial charge in [0, 0.05) is 18.7 Å². The third-order valence-corrected chi connectivity index (χ3v) is 3.52. The van der Waals surface area contributed by atoms with Crippen molar-refractivity contribution >= 4 is 28.9 Å². The van der Waals surface area contributed by atoms with E-state index in [2.05, 4.69) is 10.6 Å². The largest absolute Gasteiger partial charge is 0.495 e. The molecule has 23 heavy (non-hydrogen) atoms. The Morgan fingerprint density at radius 3 is 2.74 bits per heavy atom. The summed E-state index contributed by atoms with van der Waals surface area (Å²) in [6, 6.07) is 9.85. The molecule has 0 saturated carbocycles. The summed E-state index contributed by atoms with van der Waals surface area (Å²) in [5, 5.41) is 5.82. The van der Waals surface area contributed by atoms with E-state index < -0.39 is 5.82 Å². The molecule has 2 aromatic rings. The van der Waals surface area contributed by atoms with Crippen molar-refractivity contribution in [1.29, 1.82) is 0 Å². The van der Waals surface area contributed by atoms with Gasteiger partial charge < -0.3 is 15.4 Å². The summed E-state index contributed by atoms with van der Waals surface area (Å²) in [5.41, 5.74) is 2.40. The minimum absolute atomic E-state index is 0.0228. The molecular formula is C17H18ClFN2O2. The number of rotatable bonds is 6. The molecule has 122 valence electrons. The summed E-state index contributed by atoms with van der Waals surface area (Å²) in [6.45, 7) is 2.43. The Morgan fingerprint density at radius 2 is 2.04 bits per heavy atom. The van der Waals surface area contributed by atoms with Crippen LogP contribution in [-0.2, 0) is 4.79 Å². The first-order chi connectivity index (χ1) is 11.0. The summed E-state index contributed by atoms with van der Waals surface area (Å²) in [6.07, 6.45) is 0.256. The van der Waals surface area contributed by atoms with Crippen LogP contribution < -0.4 is 15.4 Å². The van der Waals surface area contributed by atoms with Crippen LogP contribution in [0.4, 0.5) is 15.8 Å². The molecule has 0 spiro atoms. The van der Waals surface area contributed by atoms with E-state index >= 15 is 0 Å². The van der Waals surface area contributed by atoms with Crippen molar-refractivity contribution in [3.8, 4) is 5.75 Å². The lowest BCUT2D eigenvalue weighted by Gasteiger charge is -2.12. The van der Waals surface area contributed by atoms with Gasteiger partial charge in [-0.3, -0.25) is 4.79 Å². The topological polar surface area (TPSA) is 50.4 Å². The Morgan fingerprint density at radius 1 is 1.26 bits per heavy atom. The zero-order valence-electron chi connectivity index (χ0n) is 13.0. The Labute approximate surface area is 139 Å². The highest BCUT2D eigenvalue weighted by Crippen LogP contribution is 2.25. The molecule has 2 N–H and O–H groups in total. The highest BCUT2D eigenvalue weighted by atomic mass is 35.5. The molecule has 0 saturated heterocycles. The van der Waals surface area contributed by atoms with E-state index in [1.807, 2.05) is 25.1 Å². The molecule has 0 aliphatic heterocycles. The van der Waals surface area contributed by atoms with Gasteiger partial charge in [0.2, 0.25) is 5.91 Å². The van der Waals surface area contributed by atoms with E-state index in [1.54, 1.807) is 7.11 Å². The molecule has 0 heterocycles. The first-order valence-corrected chi connectivity index (χ1v) is 7.51. The lowest BCUT2D eigenvalue weighted by Crippen LogP contribution is -2.16. The van der Waals surface area contributed by atoms with E-state index in [4.69, 9.17) is 16.3 Å². The maximum absolute atomic E-state index is 13.1. The minimum atomic E-state index is -0.516. The molecule has 2 aromatic carbocycles. The SMILES string of the molecule is COc1ccc(C)cc1NCCC(=O)Nc1ccc(F)c(Cl)c1. The Hall–Kier alpha value is -2.27. The van der Waals surface area contributed by atoms with Gasteiger partial charge in [-0.25, -0.2) is 4.39 Å². The summed E-state index contributed by atoms with van der Waals surface area (Å²) in [4.78, 5) is 11.9. The maximum Gasteiger partial charge on any atom is 0.226 e. The van der Waals surface area contributed by atoms with Crippen LogP contribution in [0.3, 0.4) is 0 Å². The van der Waals surface area contributed by atoms with Crippen LogP contribution in [0.5, 0.6) is 5.75 Å². The van der Waals surface area contributed by atoms with E-state index in [9.17, 15) is 9.18 Å². The van der Waals surface area contributed by atoms with Gasteiger partial charge in [0.15, 0.2) is 0 Å². The summed E-state index contributed by atoms with van der Waals surface area (Å²) >= 11 is 5.68. The molecule has 0 aliphatic carbocycles. The van der Waals surface area contributed by atoms with Gasteiger partial charge in [-0.05, 0) is 42.8 Å². The summed E-state index contributed by atoms with van der Waals surface area (Å²) in [5.74, 6) is 0.0194. The molecule has 2 rings (SSSR count). The number of methoxy groups -OCH3 is 1. The average Bonchev–Trinajstić information content (AvgIpc) is 2.51. The maximum atomic E-state index is 13.1. The van der Waals surface area contributed by atoms with Crippen molar-refractivity contribution in [3.63, 3.8) is 0 Å². The second-order valence-corrected chi connectivity index (χ2v) is 5.46. The normalized spacial score (nSPS) is 10.3. The minimum Gasteiger partial charge on any atom is -0.495 e. The molecule has 0 aliphatic rings. The molecule has 0 fully saturated rings. The first kappa shape index (κ1) is 17.1. The highest BCUT2D eigenvalue weighted by Gasteiger charge is 2.07.